The van der Waals surface area contributed by atoms with Crippen LogP contribution in [0.4, 0.5) is 0 Å². The first kappa shape index (κ1) is 23.4. The number of aryl methyl sites for hydroxylation is 2. The Balaban J connectivity index is 2.25. The quantitative estimate of drug-likeness (QED) is 0.169. The van der Waals surface area contributed by atoms with Gasteiger partial charge in [-0.05, 0) is 75.5 Å². The Morgan fingerprint density at radius 3 is 2.48 bits per heavy atom. The molecule has 152 valence electrons. The fourth-order valence-corrected chi connectivity index (χ4v) is 3.68. The second kappa shape index (κ2) is 14.4. The predicted octanol–water partition coefficient (Wildman–Crippen LogP) is 5.95. The van der Waals surface area contributed by atoms with E-state index in [1.54, 1.807) is 7.11 Å². The summed E-state index contributed by atoms with van der Waals surface area (Å²) in [5.41, 5.74) is 3.38. The van der Waals surface area contributed by atoms with Gasteiger partial charge >= 0.3 is 0 Å². The number of ether oxygens (including phenoxy) is 2. The van der Waals surface area contributed by atoms with Crippen molar-refractivity contribution in [3.8, 4) is 11.5 Å². The molecule has 0 saturated carbocycles. The van der Waals surface area contributed by atoms with Gasteiger partial charge in [-0.25, -0.2) is 0 Å². The van der Waals surface area contributed by atoms with Gasteiger partial charge in [0.05, 0.1) is 12.3 Å². The molecule has 4 nitrogen and oxygen atoms in total. The van der Waals surface area contributed by atoms with Gasteiger partial charge in [-0.3, -0.25) is 0 Å². The van der Waals surface area contributed by atoms with Gasteiger partial charge < -0.3 is 14.3 Å². The van der Waals surface area contributed by atoms with E-state index in [4.69, 9.17) is 14.3 Å². The van der Waals surface area contributed by atoms with Gasteiger partial charge in [0, 0.05) is 5.75 Å². The molecule has 0 bridgehead atoms. The third kappa shape index (κ3) is 9.76. The summed E-state index contributed by atoms with van der Waals surface area (Å²) in [6.07, 6.45) is 8.40. The van der Waals surface area contributed by atoms with Crippen LogP contribution in [0.3, 0.4) is 0 Å². The summed E-state index contributed by atoms with van der Waals surface area (Å²) in [5.74, 6) is 4.00. The number of allylic oxidation sites excluding steroid dienone is 1. The third-order valence-electron chi connectivity index (χ3n) is 4.09. The topological polar surface area (TPSA) is 40.0 Å². The molecule has 5 heteroatoms. The minimum atomic E-state index is 0.602. The fourth-order valence-electron chi connectivity index (χ4n) is 2.63. The molecule has 0 aliphatic heterocycles. The summed E-state index contributed by atoms with van der Waals surface area (Å²) in [4.78, 5) is 4.85. The van der Waals surface area contributed by atoms with Crippen LogP contribution in [-0.4, -0.2) is 37.5 Å². The number of rotatable bonds is 14. The van der Waals surface area contributed by atoms with E-state index in [9.17, 15) is 0 Å². The van der Waals surface area contributed by atoms with Crippen LogP contribution in [0.15, 0.2) is 29.4 Å². The Morgan fingerprint density at radius 1 is 1.11 bits per heavy atom. The molecule has 0 unspecified atom stereocenters. The highest BCUT2D eigenvalue weighted by atomic mass is 32.2. The average molecular weight is 394 g/mol. The summed E-state index contributed by atoms with van der Waals surface area (Å²) in [6.45, 7) is 9.62. The van der Waals surface area contributed by atoms with Crippen LogP contribution in [0.1, 0.15) is 50.7 Å². The molecule has 1 rings (SSSR count). The van der Waals surface area contributed by atoms with Gasteiger partial charge in [0.15, 0.2) is 0 Å². The van der Waals surface area contributed by atoms with Crippen molar-refractivity contribution in [1.29, 1.82) is 0 Å². The first-order chi connectivity index (χ1) is 13.1. The summed E-state index contributed by atoms with van der Waals surface area (Å²) in [7, 11) is 1.61. The standard InChI is InChI=1S/C22H35NO3S/c1-6-8-12-25-21-15-18(3)22(19(4)16-21)26-13-10-9-11-14-27-17-20(7-2)23-24-5/h6,8,15-16H,7,9-14,17H2,1-5H3/b8-6+,23-20+. The molecule has 0 heterocycles. The Kier molecular flexibility index (Phi) is 12.5. The molecule has 0 radical (unpaired) electrons. The van der Waals surface area contributed by atoms with Crippen molar-refractivity contribution in [3.63, 3.8) is 0 Å². The van der Waals surface area contributed by atoms with Crippen LogP contribution in [0.2, 0.25) is 0 Å². The molecule has 1 aromatic carbocycles. The molecule has 27 heavy (non-hydrogen) atoms. The zero-order valence-electron chi connectivity index (χ0n) is 17.5. The number of hydrogen-bond donors (Lipinski definition) is 0. The smallest absolute Gasteiger partial charge is 0.125 e. The lowest BCUT2D eigenvalue weighted by molar-refractivity contribution is 0.212. The lowest BCUT2D eigenvalue weighted by Gasteiger charge is -2.14. The minimum Gasteiger partial charge on any atom is -0.493 e. The van der Waals surface area contributed by atoms with E-state index in [2.05, 4.69) is 38.1 Å². The van der Waals surface area contributed by atoms with Crippen LogP contribution in [0.5, 0.6) is 11.5 Å². The van der Waals surface area contributed by atoms with E-state index in [0.717, 1.165) is 59.3 Å². The van der Waals surface area contributed by atoms with Crippen molar-refractivity contribution in [2.45, 2.75) is 53.4 Å². The highest BCUT2D eigenvalue weighted by Crippen LogP contribution is 2.28. The van der Waals surface area contributed by atoms with E-state index in [0.29, 0.717) is 6.61 Å². The predicted molar refractivity (Wildman–Crippen MR) is 118 cm³/mol. The van der Waals surface area contributed by atoms with Gasteiger partial charge in [0.1, 0.15) is 25.2 Å². The minimum absolute atomic E-state index is 0.602. The fraction of sp³-hybridized carbons (Fsp3) is 0.591. The zero-order valence-corrected chi connectivity index (χ0v) is 18.4. The SMILES string of the molecule is C/C=C/COc1cc(C)c(OCCCCCSC/C(CC)=N/OC)c(C)c1. The van der Waals surface area contributed by atoms with E-state index in [1.807, 2.05) is 30.8 Å². The van der Waals surface area contributed by atoms with Gasteiger partial charge in [-0.15, -0.1) is 0 Å². The molecular formula is C22H35NO3S. The molecule has 0 aliphatic rings. The maximum absolute atomic E-state index is 6.03. The zero-order chi connectivity index (χ0) is 19.9. The normalized spacial score (nSPS) is 11.8. The number of oxime groups is 1. The van der Waals surface area contributed by atoms with Crippen LogP contribution < -0.4 is 9.47 Å². The molecule has 0 fully saturated rings. The highest BCUT2D eigenvalue weighted by molar-refractivity contribution is 7.99. The third-order valence-corrected chi connectivity index (χ3v) is 5.21. The average Bonchev–Trinajstić information content (AvgIpc) is 2.65. The number of nitrogens with zero attached hydrogens (tertiary/aromatic N) is 1. The van der Waals surface area contributed by atoms with Gasteiger partial charge in [0.25, 0.3) is 0 Å². The first-order valence-corrected chi connectivity index (χ1v) is 10.9. The molecule has 0 N–H and O–H groups in total. The van der Waals surface area contributed by atoms with Crippen molar-refractivity contribution in [2.24, 2.45) is 5.16 Å². The molecule has 1 aromatic rings. The number of unbranched alkanes of at least 4 members (excludes halogenated alkanes) is 2. The Morgan fingerprint density at radius 2 is 1.85 bits per heavy atom. The molecular weight excluding hydrogens is 358 g/mol. The molecule has 0 spiro atoms. The van der Waals surface area contributed by atoms with Gasteiger partial charge in [-0.2, -0.15) is 11.8 Å². The van der Waals surface area contributed by atoms with E-state index < -0.39 is 0 Å². The second-order valence-electron chi connectivity index (χ2n) is 6.42. The molecule has 0 aromatic heterocycles. The first-order valence-electron chi connectivity index (χ1n) is 9.77. The van der Waals surface area contributed by atoms with Gasteiger partial charge in [-0.1, -0.05) is 24.2 Å². The van der Waals surface area contributed by atoms with Crippen molar-refractivity contribution in [2.75, 3.05) is 31.8 Å². The van der Waals surface area contributed by atoms with Crippen LogP contribution in [0, 0.1) is 13.8 Å². The maximum Gasteiger partial charge on any atom is 0.125 e. The van der Waals surface area contributed by atoms with Crippen molar-refractivity contribution >= 4 is 17.5 Å². The van der Waals surface area contributed by atoms with Crippen LogP contribution in [-0.2, 0) is 4.84 Å². The molecule has 0 amide bonds. The summed E-state index contributed by atoms with van der Waals surface area (Å²) < 4.78 is 11.8. The molecule has 0 atom stereocenters. The molecule has 0 aliphatic carbocycles. The number of hydrogen-bond acceptors (Lipinski definition) is 5. The van der Waals surface area contributed by atoms with Crippen LogP contribution in [0.25, 0.3) is 0 Å². The van der Waals surface area contributed by atoms with E-state index >= 15 is 0 Å². The van der Waals surface area contributed by atoms with Crippen LogP contribution >= 0.6 is 11.8 Å². The van der Waals surface area contributed by atoms with E-state index in [1.165, 1.54) is 12.8 Å². The Labute approximate surface area is 169 Å². The van der Waals surface area contributed by atoms with E-state index in [-0.39, 0.29) is 0 Å². The highest BCUT2D eigenvalue weighted by Gasteiger charge is 2.07. The Bertz CT molecular complexity index is 576. The monoisotopic (exact) mass is 393 g/mol. The molecule has 0 saturated heterocycles. The Hall–Kier alpha value is -1.62. The van der Waals surface area contributed by atoms with Crippen molar-refractivity contribution in [3.05, 3.63) is 35.4 Å². The lowest BCUT2D eigenvalue weighted by Crippen LogP contribution is -2.03. The maximum atomic E-state index is 6.03. The summed E-state index contributed by atoms with van der Waals surface area (Å²) in [5, 5.41) is 4.03. The summed E-state index contributed by atoms with van der Waals surface area (Å²) in [6, 6.07) is 4.10. The largest absolute Gasteiger partial charge is 0.493 e. The number of benzene rings is 1. The second-order valence-corrected chi connectivity index (χ2v) is 7.53. The lowest BCUT2D eigenvalue weighted by atomic mass is 10.1. The summed E-state index contributed by atoms with van der Waals surface area (Å²) >= 11 is 1.92. The van der Waals surface area contributed by atoms with Crippen molar-refractivity contribution in [1.82, 2.24) is 0 Å². The number of thioether (sulfide) groups is 1. The van der Waals surface area contributed by atoms with Crippen molar-refractivity contribution < 1.29 is 14.3 Å². The van der Waals surface area contributed by atoms with Gasteiger partial charge in [0.2, 0.25) is 0 Å².